The van der Waals surface area contributed by atoms with Crippen LogP contribution in [0.5, 0.6) is 0 Å². The molecule has 1 fully saturated rings. The highest BCUT2D eigenvalue weighted by Crippen LogP contribution is 2.37. The molecular weight excluding hydrogens is 452 g/mol. The number of benzene rings is 2. The van der Waals surface area contributed by atoms with Crippen LogP contribution in [0.3, 0.4) is 0 Å². The molecule has 30 heavy (non-hydrogen) atoms. The Morgan fingerprint density at radius 2 is 1.90 bits per heavy atom. The number of hydrogen-bond acceptors (Lipinski definition) is 4. The molecule has 1 amide bonds. The molecule has 0 aromatic heterocycles. The molecule has 0 spiro atoms. The van der Waals surface area contributed by atoms with Crippen LogP contribution < -0.4 is 10.0 Å². The van der Waals surface area contributed by atoms with Crippen LogP contribution in [0.2, 0.25) is 5.02 Å². The van der Waals surface area contributed by atoms with E-state index in [0.717, 1.165) is 30.3 Å². The van der Waals surface area contributed by atoms with Gasteiger partial charge in [-0.3, -0.25) is 9.52 Å². The number of alkyl halides is 3. The summed E-state index contributed by atoms with van der Waals surface area (Å²) >= 11 is 5.55. The van der Waals surface area contributed by atoms with Crippen LogP contribution in [0.4, 0.5) is 28.9 Å². The molecule has 12 heteroatoms. The van der Waals surface area contributed by atoms with Crippen molar-refractivity contribution in [3.8, 4) is 0 Å². The van der Waals surface area contributed by atoms with E-state index in [1.54, 1.807) is 0 Å². The smallest absolute Gasteiger partial charge is 0.368 e. The molecule has 2 aromatic rings. The van der Waals surface area contributed by atoms with E-state index in [2.05, 4.69) is 5.32 Å². The second kappa shape index (κ2) is 8.40. The maximum absolute atomic E-state index is 13.5. The van der Waals surface area contributed by atoms with Gasteiger partial charge < -0.3 is 10.1 Å². The molecule has 1 heterocycles. The van der Waals surface area contributed by atoms with Gasteiger partial charge in [-0.1, -0.05) is 11.6 Å². The molecule has 2 aromatic carbocycles. The lowest BCUT2D eigenvalue weighted by molar-refractivity contribution is -0.137. The Morgan fingerprint density at radius 1 is 1.17 bits per heavy atom. The Balaban J connectivity index is 1.90. The third-order valence-electron chi connectivity index (χ3n) is 4.26. The first-order valence-electron chi connectivity index (χ1n) is 8.59. The van der Waals surface area contributed by atoms with Crippen LogP contribution in [0.15, 0.2) is 41.3 Å². The van der Waals surface area contributed by atoms with Crippen LogP contribution >= 0.6 is 11.6 Å². The van der Waals surface area contributed by atoms with Gasteiger partial charge in [-0.15, -0.1) is 0 Å². The molecule has 1 atom stereocenters. The van der Waals surface area contributed by atoms with E-state index in [9.17, 15) is 30.8 Å². The van der Waals surface area contributed by atoms with E-state index in [0.29, 0.717) is 25.5 Å². The van der Waals surface area contributed by atoms with Gasteiger partial charge in [0.15, 0.2) is 0 Å². The normalized spacial score (nSPS) is 17.0. The monoisotopic (exact) mass is 466 g/mol. The molecule has 2 N–H and O–H groups in total. The highest BCUT2D eigenvalue weighted by Gasteiger charge is 2.35. The number of sulfonamides is 1. The summed E-state index contributed by atoms with van der Waals surface area (Å²) < 4.78 is 85.7. The van der Waals surface area contributed by atoms with Crippen LogP contribution in [0.1, 0.15) is 18.4 Å². The summed E-state index contributed by atoms with van der Waals surface area (Å²) in [5.41, 5.74) is -2.25. The summed E-state index contributed by atoms with van der Waals surface area (Å²) in [5.74, 6) is -1.46. The van der Waals surface area contributed by atoms with Gasteiger partial charge in [0, 0.05) is 12.3 Å². The molecule has 1 saturated heterocycles. The first-order valence-corrected chi connectivity index (χ1v) is 10.4. The Bertz CT molecular complexity index is 1070. The molecule has 3 rings (SSSR count). The fraction of sp³-hybridized carbons (Fsp3) is 0.278. The summed E-state index contributed by atoms with van der Waals surface area (Å²) in [6, 6.07) is 5.04. The third-order valence-corrected chi connectivity index (χ3v) is 5.91. The average Bonchev–Trinajstić information content (AvgIpc) is 3.19. The zero-order valence-corrected chi connectivity index (χ0v) is 16.7. The first-order chi connectivity index (χ1) is 14.0. The zero-order chi connectivity index (χ0) is 22.1. The van der Waals surface area contributed by atoms with Gasteiger partial charge in [0.1, 0.15) is 11.9 Å². The minimum atomic E-state index is -4.93. The predicted octanol–water partition coefficient (Wildman–Crippen LogP) is 4.42. The van der Waals surface area contributed by atoms with Crippen LogP contribution in [-0.4, -0.2) is 27.0 Å². The number of ether oxygens (including phenoxy) is 1. The maximum Gasteiger partial charge on any atom is 0.418 e. The Labute approximate surface area is 174 Å². The van der Waals surface area contributed by atoms with Gasteiger partial charge in [-0.25, -0.2) is 12.8 Å². The van der Waals surface area contributed by atoms with Crippen molar-refractivity contribution >= 4 is 38.9 Å². The van der Waals surface area contributed by atoms with Gasteiger partial charge in [-0.2, -0.15) is 13.2 Å². The second-order valence-corrected chi connectivity index (χ2v) is 8.52. The highest BCUT2D eigenvalue weighted by atomic mass is 35.5. The van der Waals surface area contributed by atoms with Crippen LogP contribution in [0, 0.1) is 5.82 Å². The largest absolute Gasteiger partial charge is 0.418 e. The number of nitrogens with one attached hydrogen (secondary N) is 2. The molecule has 0 saturated carbocycles. The molecule has 6 nitrogen and oxygen atoms in total. The number of carbonyl (C=O) groups excluding carboxylic acids is 1. The Kier molecular flexibility index (Phi) is 6.25. The molecule has 1 aliphatic heterocycles. The summed E-state index contributed by atoms with van der Waals surface area (Å²) in [6.45, 7) is 0.389. The number of anilines is 2. The molecule has 162 valence electrons. The first kappa shape index (κ1) is 22.3. The van der Waals surface area contributed by atoms with Gasteiger partial charge in [0.05, 0.1) is 21.2 Å². The fourth-order valence-electron chi connectivity index (χ4n) is 2.80. The van der Waals surface area contributed by atoms with E-state index >= 15 is 0 Å². The topological polar surface area (TPSA) is 84.5 Å². The Morgan fingerprint density at radius 3 is 2.50 bits per heavy atom. The van der Waals surface area contributed by atoms with Crippen molar-refractivity contribution in [1.82, 2.24) is 0 Å². The summed E-state index contributed by atoms with van der Waals surface area (Å²) in [6.07, 6.45) is -4.56. The quantitative estimate of drug-likeness (QED) is 0.639. The van der Waals surface area contributed by atoms with E-state index < -0.39 is 55.2 Å². The van der Waals surface area contributed by atoms with E-state index in [1.165, 1.54) is 0 Å². The molecule has 0 aliphatic carbocycles. The number of rotatable bonds is 5. The predicted molar refractivity (Wildman–Crippen MR) is 101 cm³/mol. The number of carbonyl (C=O) groups is 1. The lowest BCUT2D eigenvalue weighted by Crippen LogP contribution is -2.27. The number of amides is 1. The standard InChI is InChI=1S/C18H15ClF4N2O4S/c19-13-9-11(4-5-14(13)20)30(27,28)25-15-6-3-10(8-12(15)18(21,22)23)24-17(26)16-2-1-7-29-16/h3-6,8-9,16,25H,1-2,7H2,(H,24,26). The molecule has 0 radical (unpaired) electrons. The fourth-order valence-corrected chi connectivity index (χ4v) is 4.15. The maximum atomic E-state index is 13.5. The van der Waals surface area contributed by atoms with Crippen molar-refractivity contribution in [2.45, 2.75) is 30.0 Å². The van der Waals surface area contributed by atoms with Crippen molar-refractivity contribution in [3.05, 3.63) is 52.8 Å². The minimum absolute atomic E-state index is 0.171. The zero-order valence-electron chi connectivity index (χ0n) is 15.1. The van der Waals surface area contributed by atoms with Crippen LogP contribution in [-0.2, 0) is 25.7 Å². The summed E-state index contributed by atoms with van der Waals surface area (Å²) in [4.78, 5) is 11.5. The molecule has 0 bridgehead atoms. The van der Waals surface area contributed by atoms with Crippen molar-refractivity contribution in [2.75, 3.05) is 16.6 Å². The molecule has 1 aliphatic rings. The second-order valence-electron chi connectivity index (χ2n) is 6.43. The van der Waals surface area contributed by atoms with E-state index in [1.807, 2.05) is 4.72 Å². The number of halogens is 5. The van der Waals surface area contributed by atoms with E-state index in [4.69, 9.17) is 16.3 Å². The van der Waals surface area contributed by atoms with Crippen molar-refractivity contribution in [1.29, 1.82) is 0 Å². The van der Waals surface area contributed by atoms with Crippen molar-refractivity contribution in [2.24, 2.45) is 0 Å². The number of hydrogen-bond donors (Lipinski definition) is 2. The summed E-state index contributed by atoms with van der Waals surface area (Å²) in [7, 11) is -4.49. The van der Waals surface area contributed by atoms with Crippen LogP contribution in [0.25, 0.3) is 0 Å². The van der Waals surface area contributed by atoms with Gasteiger partial charge >= 0.3 is 6.18 Å². The van der Waals surface area contributed by atoms with Gasteiger partial charge in [0.2, 0.25) is 0 Å². The third kappa shape index (κ3) is 5.02. The van der Waals surface area contributed by atoms with Gasteiger partial charge in [0.25, 0.3) is 15.9 Å². The molecular formula is C18H15ClF4N2O4S. The van der Waals surface area contributed by atoms with Crippen molar-refractivity contribution < 1.29 is 35.5 Å². The van der Waals surface area contributed by atoms with Crippen molar-refractivity contribution in [3.63, 3.8) is 0 Å². The minimum Gasteiger partial charge on any atom is -0.368 e. The molecule has 1 unspecified atom stereocenters. The average molecular weight is 467 g/mol. The SMILES string of the molecule is O=C(Nc1ccc(NS(=O)(=O)c2ccc(F)c(Cl)c2)c(C(F)(F)F)c1)C1CCCO1. The Hall–Kier alpha value is -2.37. The highest BCUT2D eigenvalue weighted by molar-refractivity contribution is 7.92. The van der Waals surface area contributed by atoms with Gasteiger partial charge in [-0.05, 0) is 49.2 Å². The summed E-state index contributed by atoms with van der Waals surface area (Å²) in [5, 5.41) is 1.83. The lowest BCUT2D eigenvalue weighted by atomic mass is 10.1. The lowest BCUT2D eigenvalue weighted by Gasteiger charge is -2.17. The van der Waals surface area contributed by atoms with E-state index in [-0.39, 0.29) is 5.69 Å².